The van der Waals surface area contributed by atoms with Crippen molar-refractivity contribution in [2.45, 2.75) is 13.0 Å². The Labute approximate surface area is 132 Å². The highest BCUT2D eigenvalue weighted by atomic mass is 35.5. The Kier molecular flexibility index (Phi) is 5.30. The number of carbonyl (C=O) groups excluding carboxylic acids is 1. The molecule has 5 heteroatoms. The molecule has 20 heavy (non-hydrogen) atoms. The molecule has 0 aliphatic heterocycles. The van der Waals surface area contributed by atoms with Crippen molar-refractivity contribution in [3.8, 4) is 0 Å². The fourth-order valence-corrected chi connectivity index (χ4v) is 2.15. The Morgan fingerprint density at radius 1 is 0.900 bits per heavy atom. The summed E-state index contributed by atoms with van der Waals surface area (Å²) in [6.07, 6.45) is 0.318. The van der Waals surface area contributed by atoms with Gasteiger partial charge < -0.3 is 5.32 Å². The molecule has 104 valence electrons. The van der Waals surface area contributed by atoms with Gasteiger partial charge in [0.25, 0.3) is 0 Å². The predicted octanol–water partition coefficient (Wildman–Crippen LogP) is 4.51. The van der Waals surface area contributed by atoms with E-state index >= 15 is 0 Å². The number of halogens is 3. The quantitative estimate of drug-likeness (QED) is 0.879. The van der Waals surface area contributed by atoms with Crippen molar-refractivity contribution in [3.63, 3.8) is 0 Å². The number of rotatable bonds is 4. The molecule has 0 unspecified atom stereocenters. The molecular formula is C15H12Cl3NO. The predicted molar refractivity (Wildman–Crippen MR) is 83.5 cm³/mol. The van der Waals surface area contributed by atoms with E-state index in [4.69, 9.17) is 34.8 Å². The molecule has 0 fully saturated rings. The van der Waals surface area contributed by atoms with Crippen LogP contribution in [0.5, 0.6) is 0 Å². The van der Waals surface area contributed by atoms with E-state index in [2.05, 4.69) is 5.32 Å². The molecule has 0 heterocycles. The number of nitrogens with one attached hydrogen (secondary N) is 1. The van der Waals surface area contributed by atoms with E-state index in [9.17, 15) is 4.79 Å². The van der Waals surface area contributed by atoms with Crippen molar-refractivity contribution in [2.24, 2.45) is 0 Å². The third-order valence-corrected chi connectivity index (χ3v) is 3.74. The maximum absolute atomic E-state index is 11.8. The third-order valence-electron chi connectivity index (χ3n) is 2.75. The van der Waals surface area contributed by atoms with Gasteiger partial charge in [-0.25, -0.2) is 0 Å². The highest BCUT2D eigenvalue weighted by Crippen LogP contribution is 2.22. The summed E-state index contributed by atoms with van der Waals surface area (Å²) >= 11 is 17.5. The highest BCUT2D eigenvalue weighted by molar-refractivity contribution is 6.42. The Morgan fingerprint density at radius 2 is 1.55 bits per heavy atom. The van der Waals surface area contributed by atoms with Crippen LogP contribution in [0.3, 0.4) is 0 Å². The molecule has 0 aromatic heterocycles. The van der Waals surface area contributed by atoms with E-state index in [0.29, 0.717) is 28.0 Å². The van der Waals surface area contributed by atoms with E-state index in [0.717, 1.165) is 11.1 Å². The van der Waals surface area contributed by atoms with Gasteiger partial charge in [-0.05, 0) is 35.4 Å². The van der Waals surface area contributed by atoms with Crippen LogP contribution >= 0.6 is 34.8 Å². The van der Waals surface area contributed by atoms with Crippen LogP contribution in [0.4, 0.5) is 0 Å². The molecule has 2 aromatic rings. The minimum atomic E-state index is -0.0570. The van der Waals surface area contributed by atoms with Gasteiger partial charge in [0.15, 0.2) is 0 Å². The summed E-state index contributed by atoms with van der Waals surface area (Å²) in [7, 11) is 0. The topological polar surface area (TPSA) is 29.1 Å². The van der Waals surface area contributed by atoms with Gasteiger partial charge in [-0.2, -0.15) is 0 Å². The number of benzene rings is 2. The number of carbonyl (C=O) groups is 1. The van der Waals surface area contributed by atoms with Crippen LogP contribution in [-0.2, 0) is 17.8 Å². The van der Waals surface area contributed by atoms with Crippen LogP contribution in [0, 0.1) is 0 Å². The van der Waals surface area contributed by atoms with Gasteiger partial charge in [-0.15, -0.1) is 0 Å². The SMILES string of the molecule is O=C(Cc1ccc(Cl)cc1)NCc1ccc(Cl)c(Cl)c1. The summed E-state index contributed by atoms with van der Waals surface area (Å²) in [6, 6.07) is 12.5. The number of amides is 1. The second-order valence-corrected chi connectivity index (χ2v) is 5.58. The molecule has 0 aliphatic carbocycles. The zero-order valence-electron chi connectivity index (χ0n) is 10.5. The zero-order chi connectivity index (χ0) is 14.5. The molecule has 1 N–H and O–H groups in total. The second kappa shape index (κ2) is 6.98. The highest BCUT2D eigenvalue weighted by Gasteiger charge is 2.04. The molecule has 2 nitrogen and oxygen atoms in total. The van der Waals surface area contributed by atoms with E-state index in [1.165, 1.54) is 0 Å². The standard InChI is InChI=1S/C15H12Cl3NO/c16-12-4-1-10(2-5-12)8-15(20)19-9-11-3-6-13(17)14(18)7-11/h1-7H,8-9H2,(H,19,20). The summed E-state index contributed by atoms with van der Waals surface area (Å²) in [6.45, 7) is 0.420. The normalized spacial score (nSPS) is 10.3. The summed E-state index contributed by atoms with van der Waals surface area (Å²) in [5.41, 5.74) is 1.82. The molecule has 0 spiro atoms. The summed E-state index contributed by atoms with van der Waals surface area (Å²) < 4.78 is 0. The molecular weight excluding hydrogens is 317 g/mol. The minimum absolute atomic E-state index is 0.0570. The van der Waals surface area contributed by atoms with Gasteiger partial charge in [-0.3, -0.25) is 4.79 Å². The maximum atomic E-state index is 11.8. The van der Waals surface area contributed by atoms with Crippen LogP contribution < -0.4 is 5.32 Å². The van der Waals surface area contributed by atoms with Gasteiger partial charge in [-0.1, -0.05) is 53.0 Å². The lowest BCUT2D eigenvalue weighted by Gasteiger charge is -2.06. The lowest BCUT2D eigenvalue weighted by Crippen LogP contribution is -2.24. The first-order valence-corrected chi connectivity index (χ1v) is 7.13. The zero-order valence-corrected chi connectivity index (χ0v) is 12.8. The number of hydrogen-bond donors (Lipinski definition) is 1. The van der Waals surface area contributed by atoms with Crippen molar-refractivity contribution >= 4 is 40.7 Å². The average molecular weight is 329 g/mol. The molecule has 2 rings (SSSR count). The average Bonchev–Trinajstić information content (AvgIpc) is 2.43. The van der Waals surface area contributed by atoms with Crippen LogP contribution in [0.15, 0.2) is 42.5 Å². The van der Waals surface area contributed by atoms with Crippen molar-refractivity contribution in [1.82, 2.24) is 5.32 Å². The molecule has 0 saturated heterocycles. The van der Waals surface area contributed by atoms with Gasteiger partial charge in [0.1, 0.15) is 0 Å². The first-order chi connectivity index (χ1) is 9.54. The molecule has 0 saturated carbocycles. The number of hydrogen-bond acceptors (Lipinski definition) is 1. The molecule has 0 bridgehead atoms. The second-order valence-electron chi connectivity index (χ2n) is 4.33. The van der Waals surface area contributed by atoms with Gasteiger partial charge in [0, 0.05) is 11.6 Å². The largest absolute Gasteiger partial charge is 0.352 e. The molecule has 0 radical (unpaired) electrons. The third kappa shape index (κ3) is 4.41. The van der Waals surface area contributed by atoms with Crippen LogP contribution in [0.25, 0.3) is 0 Å². The lowest BCUT2D eigenvalue weighted by molar-refractivity contribution is -0.120. The molecule has 0 atom stereocenters. The maximum Gasteiger partial charge on any atom is 0.224 e. The van der Waals surface area contributed by atoms with Gasteiger partial charge >= 0.3 is 0 Å². The summed E-state index contributed by atoms with van der Waals surface area (Å²) in [5.74, 6) is -0.0570. The van der Waals surface area contributed by atoms with Crippen molar-refractivity contribution < 1.29 is 4.79 Å². The Bertz CT molecular complexity index is 611. The van der Waals surface area contributed by atoms with E-state index in [1.807, 2.05) is 18.2 Å². The van der Waals surface area contributed by atoms with Gasteiger partial charge in [0.2, 0.25) is 5.91 Å². The van der Waals surface area contributed by atoms with E-state index < -0.39 is 0 Å². The van der Waals surface area contributed by atoms with Crippen LogP contribution in [0.2, 0.25) is 15.1 Å². The monoisotopic (exact) mass is 327 g/mol. The lowest BCUT2D eigenvalue weighted by atomic mass is 10.1. The fourth-order valence-electron chi connectivity index (χ4n) is 1.70. The van der Waals surface area contributed by atoms with Crippen molar-refractivity contribution in [2.75, 3.05) is 0 Å². The van der Waals surface area contributed by atoms with Gasteiger partial charge in [0.05, 0.1) is 16.5 Å². The smallest absolute Gasteiger partial charge is 0.224 e. The van der Waals surface area contributed by atoms with E-state index in [-0.39, 0.29) is 5.91 Å². The minimum Gasteiger partial charge on any atom is -0.352 e. The van der Waals surface area contributed by atoms with Crippen LogP contribution in [-0.4, -0.2) is 5.91 Å². The summed E-state index contributed by atoms with van der Waals surface area (Å²) in [5, 5.41) is 4.48. The molecule has 0 aliphatic rings. The summed E-state index contributed by atoms with van der Waals surface area (Å²) in [4.78, 5) is 11.8. The molecule has 1 amide bonds. The molecule has 2 aromatic carbocycles. The van der Waals surface area contributed by atoms with Crippen LogP contribution in [0.1, 0.15) is 11.1 Å². The van der Waals surface area contributed by atoms with Crippen molar-refractivity contribution in [1.29, 1.82) is 0 Å². The first kappa shape index (κ1) is 15.2. The fraction of sp³-hybridized carbons (Fsp3) is 0.133. The Hall–Kier alpha value is -1.22. The Morgan fingerprint density at radius 3 is 2.20 bits per heavy atom. The van der Waals surface area contributed by atoms with E-state index in [1.54, 1.807) is 24.3 Å². The first-order valence-electron chi connectivity index (χ1n) is 5.99. The Balaban J connectivity index is 1.88. The van der Waals surface area contributed by atoms with Crippen molar-refractivity contribution in [3.05, 3.63) is 68.7 Å².